The molecule has 1 aromatic carbocycles. The molecular formula is C8H5ClN2O2. The van der Waals surface area contributed by atoms with Crippen LogP contribution in [0.3, 0.4) is 0 Å². The van der Waals surface area contributed by atoms with E-state index in [1.807, 2.05) is 0 Å². The molecule has 5 heteroatoms. The summed E-state index contributed by atoms with van der Waals surface area (Å²) < 4.78 is 0. The quantitative estimate of drug-likeness (QED) is 0.442. The summed E-state index contributed by atoms with van der Waals surface area (Å²) >= 11 is 5.59. The Morgan fingerprint density at radius 1 is 1.38 bits per heavy atom. The second kappa shape index (κ2) is 3.85. The van der Waals surface area contributed by atoms with Crippen LogP contribution in [-0.4, -0.2) is 21.6 Å². The average molecular weight is 197 g/mol. The van der Waals surface area contributed by atoms with Crippen molar-refractivity contribution in [2.75, 3.05) is 0 Å². The lowest BCUT2D eigenvalue weighted by Crippen LogP contribution is -2.15. The van der Waals surface area contributed by atoms with Gasteiger partial charge in [0.15, 0.2) is 0 Å². The molecule has 66 valence electrons. The molecule has 0 heterocycles. The highest BCUT2D eigenvalue weighted by molar-refractivity contribution is 6.40. The molecule has 0 fully saturated rings. The van der Waals surface area contributed by atoms with Crippen LogP contribution in [0.5, 0.6) is 0 Å². The lowest BCUT2D eigenvalue weighted by molar-refractivity contribution is -0.133. The fourth-order valence-corrected chi connectivity index (χ4v) is 0.958. The van der Waals surface area contributed by atoms with Crippen molar-refractivity contribution in [1.29, 1.82) is 0 Å². The van der Waals surface area contributed by atoms with Crippen molar-refractivity contribution >= 4 is 23.3 Å². The van der Waals surface area contributed by atoms with Crippen LogP contribution in [0.15, 0.2) is 24.3 Å². The summed E-state index contributed by atoms with van der Waals surface area (Å²) in [7, 11) is 0. The van der Waals surface area contributed by atoms with Crippen molar-refractivity contribution in [3.05, 3.63) is 40.4 Å². The Labute approximate surface area is 79.0 Å². The van der Waals surface area contributed by atoms with E-state index < -0.39 is 11.7 Å². The largest absolute Gasteiger partial charge is 0.472 e. The van der Waals surface area contributed by atoms with Gasteiger partial charge in [-0.2, -0.15) is 4.79 Å². The van der Waals surface area contributed by atoms with Gasteiger partial charge in [0.25, 0.3) is 0 Å². The van der Waals surface area contributed by atoms with Gasteiger partial charge in [-0.15, -0.1) is 0 Å². The first-order chi connectivity index (χ1) is 6.15. The summed E-state index contributed by atoms with van der Waals surface area (Å²) in [6, 6.07) is 5.97. The van der Waals surface area contributed by atoms with Gasteiger partial charge in [0.05, 0.1) is 5.56 Å². The number of carbonyl (C=O) groups is 1. The van der Waals surface area contributed by atoms with E-state index in [4.69, 9.17) is 22.2 Å². The van der Waals surface area contributed by atoms with Crippen LogP contribution in [-0.2, 0) is 4.79 Å². The van der Waals surface area contributed by atoms with Gasteiger partial charge >= 0.3 is 11.7 Å². The van der Waals surface area contributed by atoms with Crippen LogP contribution in [0, 0.1) is 0 Å². The van der Waals surface area contributed by atoms with Gasteiger partial charge in [-0.05, 0) is 24.3 Å². The Balaban J connectivity index is 3.15. The van der Waals surface area contributed by atoms with Crippen LogP contribution in [0.1, 0.15) is 5.56 Å². The first-order valence-corrected chi connectivity index (χ1v) is 3.74. The van der Waals surface area contributed by atoms with E-state index in [1.54, 1.807) is 0 Å². The van der Waals surface area contributed by atoms with E-state index in [0.29, 0.717) is 10.6 Å². The monoisotopic (exact) mass is 196 g/mol. The van der Waals surface area contributed by atoms with Gasteiger partial charge in [0.2, 0.25) is 0 Å². The number of nitrogens with zero attached hydrogens (tertiary/aromatic N) is 2. The number of carboxylic acid groups (broad SMARTS) is 1. The van der Waals surface area contributed by atoms with Crippen molar-refractivity contribution in [3.63, 3.8) is 0 Å². The lowest BCUT2D eigenvalue weighted by Gasteiger charge is -1.91. The Kier molecular flexibility index (Phi) is 2.80. The molecule has 0 saturated carbocycles. The highest BCUT2D eigenvalue weighted by atomic mass is 35.5. The molecule has 0 atom stereocenters. The minimum atomic E-state index is -1.29. The highest BCUT2D eigenvalue weighted by Crippen LogP contribution is 2.09. The molecule has 0 bridgehead atoms. The maximum Gasteiger partial charge on any atom is 0.419 e. The molecule has 0 aliphatic heterocycles. The zero-order chi connectivity index (χ0) is 9.84. The Morgan fingerprint density at radius 3 is 2.31 bits per heavy atom. The molecule has 1 rings (SSSR count). The molecule has 0 saturated heterocycles. The SMILES string of the molecule is [N-]=[N+]=C(C(=O)O)c1ccc(Cl)cc1. The first-order valence-electron chi connectivity index (χ1n) is 3.36. The summed E-state index contributed by atoms with van der Waals surface area (Å²) in [5.41, 5.74) is 8.29. The molecule has 13 heavy (non-hydrogen) atoms. The molecule has 0 aliphatic rings. The summed E-state index contributed by atoms with van der Waals surface area (Å²) in [6.07, 6.45) is 0. The van der Waals surface area contributed by atoms with E-state index in [9.17, 15) is 4.79 Å². The molecule has 1 aromatic rings. The van der Waals surface area contributed by atoms with Gasteiger partial charge in [-0.25, -0.2) is 4.79 Å². The van der Waals surface area contributed by atoms with Crippen LogP contribution < -0.4 is 0 Å². The van der Waals surface area contributed by atoms with Gasteiger partial charge in [0, 0.05) is 5.02 Å². The molecule has 0 radical (unpaired) electrons. The molecule has 0 aliphatic carbocycles. The minimum absolute atomic E-state index is 0.305. The molecule has 0 aromatic heterocycles. The summed E-state index contributed by atoms with van der Waals surface area (Å²) in [5.74, 6) is -1.29. The van der Waals surface area contributed by atoms with Crippen molar-refractivity contribution in [2.24, 2.45) is 0 Å². The molecule has 0 spiro atoms. The van der Waals surface area contributed by atoms with Crippen molar-refractivity contribution in [1.82, 2.24) is 0 Å². The Hall–Kier alpha value is -1.64. The zero-order valence-corrected chi connectivity index (χ0v) is 7.19. The fourth-order valence-electron chi connectivity index (χ4n) is 0.832. The maximum atomic E-state index is 10.5. The van der Waals surface area contributed by atoms with E-state index in [2.05, 4.69) is 4.79 Å². The summed E-state index contributed by atoms with van der Waals surface area (Å²) in [5, 5.41) is 9.06. The normalized spacial score (nSPS) is 9.00. The van der Waals surface area contributed by atoms with Crippen molar-refractivity contribution < 1.29 is 14.7 Å². The third-order valence-electron chi connectivity index (χ3n) is 1.42. The second-order valence-corrected chi connectivity index (χ2v) is 2.70. The predicted octanol–water partition coefficient (Wildman–Crippen LogP) is 1.44. The van der Waals surface area contributed by atoms with Crippen LogP contribution in [0.4, 0.5) is 0 Å². The standard InChI is InChI=1S/C8H5ClN2O2/c9-6-3-1-5(2-4-6)7(11-10)8(12)13/h1-4H,(H,12,13). The van der Waals surface area contributed by atoms with Crippen molar-refractivity contribution in [3.8, 4) is 0 Å². The third-order valence-corrected chi connectivity index (χ3v) is 1.67. The third kappa shape index (κ3) is 2.15. The number of rotatable bonds is 2. The van der Waals surface area contributed by atoms with Gasteiger partial charge < -0.3 is 10.6 Å². The first kappa shape index (κ1) is 9.45. The maximum absolute atomic E-state index is 10.5. The van der Waals surface area contributed by atoms with Crippen molar-refractivity contribution in [2.45, 2.75) is 0 Å². The summed E-state index contributed by atoms with van der Waals surface area (Å²) in [4.78, 5) is 13.2. The molecule has 0 amide bonds. The molecular weight excluding hydrogens is 192 g/mol. The van der Waals surface area contributed by atoms with E-state index >= 15 is 0 Å². The van der Waals surface area contributed by atoms with E-state index in [-0.39, 0.29) is 0 Å². The Morgan fingerprint density at radius 2 is 1.92 bits per heavy atom. The van der Waals surface area contributed by atoms with Crippen LogP contribution >= 0.6 is 11.6 Å². The topological polar surface area (TPSA) is 73.7 Å². The number of benzene rings is 1. The smallest absolute Gasteiger partial charge is 0.419 e. The summed E-state index contributed by atoms with van der Waals surface area (Å²) in [6.45, 7) is 0. The number of hydrogen-bond acceptors (Lipinski definition) is 1. The highest BCUT2D eigenvalue weighted by Gasteiger charge is 2.20. The molecule has 0 unspecified atom stereocenters. The number of carboxylic acids is 1. The van der Waals surface area contributed by atoms with E-state index in [0.717, 1.165) is 0 Å². The van der Waals surface area contributed by atoms with Gasteiger partial charge in [-0.1, -0.05) is 11.6 Å². The van der Waals surface area contributed by atoms with E-state index in [1.165, 1.54) is 24.3 Å². The fraction of sp³-hybridized carbons (Fsp3) is 0. The second-order valence-electron chi connectivity index (χ2n) is 2.26. The molecule has 4 nitrogen and oxygen atoms in total. The molecule has 1 N–H and O–H groups in total. The average Bonchev–Trinajstić information content (AvgIpc) is 2.09. The number of aliphatic carboxylic acids is 1. The number of hydrogen-bond donors (Lipinski definition) is 1. The minimum Gasteiger partial charge on any atom is -0.472 e. The predicted molar refractivity (Wildman–Crippen MR) is 46.8 cm³/mol. The lowest BCUT2D eigenvalue weighted by atomic mass is 10.1. The van der Waals surface area contributed by atoms with Gasteiger partial charge in [-0.3, -0.25) is 0 Å². The van der Waals surface area contributed by atoms with Gasteiger partial charge in [0.1, 0.15) is 0 Å². The zero-order valence-electron chi connectivity index (χ0n) is 6.44. The van der Waals surface area contributed by atoms with Crippen LogP contribution in [0.2, 0.25) is 5.02 Å². The Bertz CT molecular complexity index is 380. The number of halogens is 1. The van der Waals surface area contributed by atoms with Crippen LogP contribution in [0.25, 0.3) is 5.53 Å².